The Labute approximate surface area is 182 Å². The summed E-state index contributed by atoms with van der Waals surface area (Å²) in [5.41, 5.74) is 4.76. The highest BCUT2D eigenvalue weighted by atomic mass is 79.9. The Kier molecular flexibility index (Phi) is 5.63. The number of ether oxygens (including phenoxy) is 1. The average Bonchev–Trinajstić information content (AvgIpc) is 3.16. The van der Waals surface area contributed by atoms with E-state index in [1.807, 2.05) is 67.6 Å². The second-order valence-corrected chi connectivity index (χ2v) is 7.61. The Morgan fingerprint density at radius 3 is 2.53 bits per heavy atom. The van der Waals surface area contributed by atoms with Crippen LogP contribution in [-0.4, -0.2) is 28.0 Å². The molecule has 30 heavy (non-hydrogen) atoms. The molecule has 0 atom stereocenters. The fraction of sp³-hybridized carbons (Fsp3) is 0.0870. The van der Waals surface area contributed by atoms with E-state index in [9.17, 15) is 4.79 Å². The Morgan fingerprint density at radius 2 is 1.80 bits per heavy atom. The van der Waals surface area contributed by atoms with Crippen molar-refractivity contribution in [2.75, 3.05) is 12.4 Å². The molecular formula is C23H19BrN4O2. The number of anilines is 1. The van der Waals surface area contributed by atoms with Gasteiger partial charge in [-0.2, -0.15) is 4.80 Å². The SMILES string of the molecule is COc1ccc(Br)cc1C=CC(=O)Nc1cc2nn(-c3ccccc3)nc2cc1C. The molecular weight excluding hydrogens is 444 g/mol. The molecule has 0 aliphatic carbocycles. The number of para-hydroxylation sites is 1. The highest BCUT2D eigenvalue weighted by Crippen LogP contribution is 2.25. The van der Waals surface area contributed by atoms with Gasteiger partial charge in [-0.1, -0.05) is 34.1 Å². The van der Waals surface area contributed by atoms with E-state index < -0.39 is 0 Å². The highest BCUT2D eigenvalue weighted by molar-refractivity contribution is 9.10. The molecule has 0 bridgehead atoms. The number of carbonyl (C=O) groups excluding carboxylic acids is 1. The first-order valence-corrected chi connectivity index (χ1v) is 10.1. The first-order valence-electron chi connectivity index (χ1n) is 9.29. The van der Waals surface area contributed by atoms with Gasteiger partial charge >= 0.3 is 0 Å². The molecule has 0 fully saturated rings. The largest absolute Gasteiger partial charge is 0.496 e. The number of rotatable bonds is 5. The van der Waals surface area contributed by atoms with Gasteiger partial charge in [-0.05, 0) is 61.0 Å². The summed E-state index contributed by atoms with van der Waals surface area (Å²) in [7, 11) is 1.60. The van der Waals surface area contributed by atoms with E-state index >= 15 is 0 Å². The lowest BCUT2D eigenvalue weighted by molar-refractivity contribution is -0.111. The van der Waals surface area contributed by atoms with Crippen LogP contribution in [0.3, 0.4) is 0 Å². The highest BCUT2D eigenvalue weighted by Gasteiger charge is 2.10. The Balaban J connectivity index is 1.57. The predicted molar refractivity (Wildman–Crippen MR) is 122 cm³/mol. The third kappa shape index (κ3) is 4.26. The molecule has 0 aliphatic rings. The zero-order chi connectivity index (χ0) is 21.1. The number of methoxy groups -OCH3 is 1. The molecule has 0 unspecified atom stereocenters. The number of fused-ring (bicyclic) bond motifs is 1. The first-order chi connectivity index (χ1) is 14.5. The van der Waals surface area contributed by atoms with Gasteiger partial charge in [0, 0.05) is 21.8 Å². The van der Waals surface area contributed by atoms with Crippen LogP contribution in [0.1, 0.15) is 11.1 Å². The average molecular weight is 463 g/mol. The maximum absolute atomic E-state index is 12.5. The molecule has 1 N–H and O–H groups in total. The topological polar surface area (TPSA) is 69.0 Å². The van der Waals surface area contributed by atoms with Gasteiger partial charge in [-0.15, -0.1) is 10.2 Å². The predicted octanol–water partition coefficient (Wildman–Crippen LogP) is 5.15. The van der Waals surface area contributed by atoms with Gasteiger partial charge in [0.05, 0.1) is 12.8 Å². The second-order valence-electron chi connectivity index (χ2n) is 6.69. The molecule has 0 aliphatic heterocycles. The molecule has 1 heterocycles. The molecule has 4 rings (SSSR count). The van der Waals surface area contributed by atoms with Gasteiger partial charge in [0.15, 0.2) is 0 Å². The van der Waals surface area contributed by atoms with Crippen LogP contribution in [0.15, 0.2) is 71.2 Å². The van der Waals surface area contributed by atoms with Crippen LogP contribution in [0.4, 0.5) is 5.69 Å². The summed E-state index contributed by atoms with van der Waals surface area (Å²) in [6, 6.07) is 19.1. The molecule has 0 saturated heterocycles. The summed E-state index contributed by atoms with van der Waals surface area (Å²) in [6.45, 7) is 1.93. The van der Waals surface area contributed by atoms with Crippen molar-refractivity contribution in [3.8, 4) is 11.4 Å². The smallest absolute Gasteiger partial charge is 0.248 e. The minimum atomic E-state index is -0.241. The first kappa shape index (κ1) is 19.8. The van der Waals surface area contributed by atoms with Crippen LogP contribution in [-0.2, 0) is 4.79 Å². The number of halogens is 1. The van der Waals surface area contributed by atoms with Gasteiger partial charge in [-0.25, -0.2) is 0 Å². The number of benzene rings is 3. The quantitative estimate of drug-likeness (QED) is 0.416. The Morgan fingerprint density at radius 1 is 1.07 bits per heavy atom. The number of aromatic nitrogens is 3. The number of nitrogens with zero attached hydrogens (tertiary/aromatic N) is 3. The number of aryl methyl sites for hydroxylation is 1. The molecule has 0 saturated carbocycles. The lowest BCUT2D eigenvalue weighted by Crippen LogP contribution is -2.09. The van der Waals surface area contributed by atoms with Crippen molar-refractivity contribution in [1.82, 2.24) is 15.0 Å². The Bertz CT molecular complexity index is 1250. The van der Waals surface area contributed by atoms with Gasteiger partial charge in [0.1, 0.15) is 16.8 Å². The molecule has 6 nitrogen and oxygen atoms in total. The number of hydrogen-bond acceptors (Lipinski definition) is 4. The van der Waals surface area contributed by atoms with Gasteiger partial charge < -0.3 is 10.1 Å². The van der Waals surface area contributed by atoms with Crippen molar-refractivity contribution >= 4 is 44.6 Å². The lowest BCUT2D eigenvalue weighted by atomic mass is 10.1. The zero-order valence-electron chi connectivity index (χ0n) is 16.5. The van der Waals surface area contributed by atoms with E-state index in [2.05, 4.69) is 31.4 Å². The van der Waals surface area contributed by atoms with E-state index in [-0.39, 0.29) is 5.91 Å². The molecule has 4 aromatic rings. The van der Waals surface area contributed by atoms with Crippen molar-refractivity contribution in [2.45, 2.75) is 6.92 Å². The maximum Gasteiger partial charge on any atom is 0.248 e. The van der Waals surface area contributed by atoms with Crippen molar-refractivity contribution in [3.63, 3.8) is 0 Å². The normalized spacial score (nSPS) is 11.2. The number of hydrogen-bond donors (Lipinski definition) is 1. The molecule has 1 aromatic heterocycles. The van der Waals surface area contributed by atoms with Crippen molar-refractivity contribution in [3.05, 3.63) is 82.3 Å². The molecule has 0 radical (unpaired) electrons. The third-order valence-electron chi connectivity index (χ3n) is 4.58. The Hall–Kier alpha value is -3.45. The maximum atomic E-state index is 12.5. The summed E-state index contributed by atoms with van der Waals surface area (Å²) in [5.74, 6) is 0.451. The number of amides is 1. The van der Waals surface area contributed by atoms with Crippen LogP contribution in [0.2, 0.25) is 0 Å². The second kappa shape index (κ2) is 8.51. The molecule has 3 aromatic carbocycles. The lowest BCUT2D eigenvalue weighted by Gasteiger charge is -2.07. The van der Waals surface area contributed by atoms with Gasteiger partial charge in [0.2, 0.25) is 5.91 Å². The minimum absolute atomic E-state index is 0.241. The van der Waals surface area contributed by atoms with Crippen LogP contribution in [0, 0.1) is 6.92 Å². The van der Waals surface area contributed by atoms with Crippen LogP contribution >= 0.6 is 15.9 Å². The number of carbonyl (C=O) groups is 1. The van der Waals surface area contributed by atoms with Crippen molar-refractivity contribution < 1.29 is 9.53 Å². The molecule has 150 valence electrons. The summed E-state index contributed by atoms with van der Waals surface area (Å²) in [6.07, 6.45) is 3.20. The summed E-state index contributed by atoms with van der Waals surface area (Å²) in [5, 5.41) is 12.0. The molecule has 0 spiro atoms. The monoisotopic (exact) mass is 462 g/mol. The van der Waals surface area contributed by atoms with Crippen LogP contribution in [0.5, 0.6) is 5.75 Å². The molecule has 7 heteroatoms. The van der Waals surface area contributed by atoms with Crippen LogP contribution < -0.4 is 10.1 Å². The van der Waals surface area contributed by atoms with E-state index in [1.54, 1.807) is 18.0 Å². The van der Waals surface area contributed by atoms with E-state index in [0.29, 0.717) is 17.0 Å². The van der Waals surface area contributed by atoms with Crippen LogP contribution in [0.25, 0.3) is 22.8 Å². The van der Waals surface area contributed by atoms with E-state index in [1.165, 1.54) is 6.08 Å². The zero-order valence-corrected chi connectivity index (χ0v) is 18.1. The van der Waals surface area contributed by atoms with Crippen molar-refractivity contribution in [1.29, 1.82) is 0 Å². The standard InChI is InChI=1S/C23H19BrN4O2/c1-15-12-20-21(27-28(26-20)18-6-4-3-5-7-18)14-19(15)25-23(29)11-8-16-13-17(24)9-10-22(16)30-2/h3-14H,1-2H3,(H,25,29). The minimum Gasteiger partial charge on any atom is -0.496 e. The third-order valence-corrected chi connectivity index (χ3v) is 5.07. The summed E-state index contributed by atoms with van der Waals surface area (Å²) >= 11 is 3.43. The van der Waals surface area contributed by atoms with Gasteiger partial charge in [-0.3, -0.25) is 4.79 Å². The van der Waals surface area contributed by atoms with E-state index in [0.717, 1.165) is 26.8 Å². The fourth-order valence-electron chi connectivity index (χ4n) is 3.05. The summed E-state index contributed by atoms with van der Waals surface area (Å²) in [4.78, 5) is 14.1. The number of nitrogens with one attached hydrogen (secondary N) is 1. The fourth-order valence-corrected chi connectivity index (χ4v) is 3.43. The van der Waals surface area contributed by atoms with Gasteiger partial charge in [0.25, 0.3) is 0 Å². The molecule has 1 amide bonds. The van der Waals surface area contributed by atoms with E-state index in [4.69, 9.17) is 4.74 Å². The summed E-state index contributed by atoms with van der Waals surface area (Å²) < 4.78 is 6.24. The van der Waals surface area contributed by atoms with Crippen molar-refractivity contribution in [2.24, 2.45) is 0 Å².